The molecule has 0 unspecified atom stereocenters. The molecule has 0 aliphatic carbocycles. The molecule has 0 saturated carbocycles. The van der Waals surface area contributed by atoms with Crippen molar-refractivity contribution in [2.75, 3.05) is 7.11 Å². The van der Waals surface area contributed by atoms with E-state index < -0.39 is 0 Å². The van der Waals surface area contributed by atoms with E-state index in [1.165, 1.54) is 0 Å². The zero-order valence-corrected chi connectivity index (χ0v) is 13.1. The lowest BCUT2D eigenvalue weighted by Crippen LogP contribution is -2.23. The summed E-state index contributed by atoms with van der Waals surface area (Å²) in [7, 11) is 1.67. The Morgan fingerprint density at radius 2 is 1.61 bits per heavy atom. The molecule has 3 aromatic carbocycles. The highest BCUT2D eigenvalue weighted by Gasteiger charge is 2.08. The van der Waals surface area contributed by atoms with Crippen molar-refractivity contribution in [2.24, 2.45) is 0 Å². The molecule has 0 aliphatic rings. The molecule has 3 rings (SSSR count). The normalized spacial score (nSPS) is 10.7. The average Bonchev–Trinajstić information content (AvgIpc) is 2.60. The second-order valence-corrected chi connectivity index (χ2v) is 5.45. The Labute approximate surface area is 135 Å². The molecule has 0 saturated heterocycles. The second-order valence-electron chi connectivity index (χ2n) is 5.45. The summed E-state index contributed by atoms with van der Waals surface area (Å²) in [5, 5.41) is 5.19. The van der Waals surface area contributed by atoms with E-state index in [4.69, 9.17) is 4.74 Å². The third-order valence-electron chi connectivity index (χ3n) is 3.87. The largest absolute Gasteiger partial charge is 0.380 e. The lowest BCUT2D eigenvalue weighted by atomic mass is 10.1. The second kappa shape index (κ2) is 7.07. The molecular formula is C20H19NO2. The molecule has 0 fully saturated rings. The van der Waals surface area contributed by atoms with Gasteiger partial charge in [-0.25, -0.2) is 0 Å². The van der Waals surface area contributed by atoms with Gasteiger partial charge in [-0.2, -0.15) is 0 Å². The van der Waals surface area contributed by atoms with Crippen molar-refractivity contribution >= 4 is 16.7 Å². The minimum atomic E-state index is -0.0667. The lowest BCUT2D eigenvalue weighted by molar-refractivity contribution is 0.0950. The van der Waals surface area contributed by atoms with Gasteiger partial charge in [-0.1, -0.05) is 54.6 Å². The van der Waals surface area contributed by atoms with Crippen LogP contribution in [0.3, 0.4) is 0 Å². The number of rotatable bonds is 5. The first-order valence-corrected chi connectivity index (χ1v) is 7.60. The maximum Gasteiger partial charge on any atom is 0.251 e. The van der Waals surface area contributed by atoms with Crippen LogP contribution >= 0.6 is 0 Å². The molecule has 3 heteroatoms. The summed E-state index contributed by atoms with van der Waals surface area (Å²) in [6, 6.07) is 21.8. The predicted molar refractivity (Wildman–Crippen MR) is 92.3 cm³/mol. The van der Waals surface area contributed by atoms with Crippen molar-refractivity contribution < 1.29 is 9.53 Å². The van der Waals surface area contributed by atoms with Gasteiger partial charge in [0.2, 0.25) is 0 Å². The van der Waals surface area contributed by atoms with Crippen molar-refractivity contribution in [2.45, 2.75) is 13.2 Å². The third kappa shape index (κ3) is 3.58. The van der Waals surface area contributed by atoms with E-state index in [-0.39, 0.29) is 5.91 Å². The Bertz CT molecular complexity index is 826. The molecule has 0 radical (unpaired) electrons. The van der Waals surface area contributed by atoms with Gasteiger partial charge in [0.15, 0.2) is 0 Å². The van der Waals surface area contributed by atoms with Crippen LogP contribution in [0, 0.1) is 0 Å². The number of carbonyl (C=O) groups excluding carboxylic acids is 1. The van der Waals surface area contributed by atoms with Crippen LogP contribution in [0.25, 0.3) is 10.8 Å². The number of amides is 1. The Balaban J connectivity index is 1.73. The Morgan fingerprint density at radius 1 is 0.913 bits per heavy atom. The maximum atomic E-state index is 12.4. The summed E-state index contributed by atoms with van der Waals surface area (Å²) in [5.74, 6) is -0.0667. The van der Waals surface area contributed by atoms with Crippen LogP contribution < -0.4 is 5.32 Å². The fourth-order valence-electron chi connectivity index (χ4n) is 2.63. The van der Waals surface area contributed by atoms with E-state index in [0.29, 0.717) is 18.7 Å². The smallest absolute Gasteiger partial charge is 0.251 e. The van der Waals surface area contributed by atoms with Gasteiger partial charge in [-0.05, 0) is 34.0 Å². The molecule has 23 heavy (non-hydrogen) atoms. The van der Waals surface area contributed by atoms with Crippen molar-refractivity contribution in [3.05, 3.63) is 83.4 Å². The minimum absolute atomic E-state index is 0.0667. The summed E-state index contributed by atoms with van der Waals surface area (Å²) < 4.78 is 5.20. The van der Waals surface area contributed by atoms with Crippen molar-refractivity contribution in [3.63, 3.8) is 0 Å². The van der Waals surface area contributed by atoms with E-state index >= 15 is 0 Å². The summed E-state index contributed by atoms with van der Waals surface area (Å²) in [6.07, 6.45) is 0. The zero-order valence-electron chi connectivity index (χ0n) is 13.1. The first-order valence-electron chi connectivity index (χ1n) is 7.60. The molecule has 0 bridgehead atoms. The highest BCUT2D eigenvalue weighted by Crippen LogP contribution is 2.16. The van der Waals surface area contributed by atoms with Crippen LogP contribution in [0.15, 0.2) is 66.7 Å². The number of fused-ring (bicyclic) bond motifs is 1. The van der Waals surface area contributed by atoms with Crippen LogP contribution in [0.5, 0.6) is 0 Å². The minimum Gasteiger partial charge on any atom is -0.380 e. The fourth-order valence-corrected chi connectivity index (χ4v) is 2.63. The lowest BCUT2D eigenvalue weighted by Gasteiger charge is -2.10. The Hall–Kier alpha value is -2.65. The predicted octanol–water partition coefficient (Wildman–Crippen LogP) is 3.92. The Morgan fingerprint density at radius 3 is 2.39 bits per heavy atom. The highest BCUT2D eigenvalue weighted by molar-refractivity contribution is 5.98. The number of hydrogen-bond acceptors (Lipinski definition) is 2. The molecular weight excluding hydrogens is 286 g/mol. The number of carbonyl (C=O) groups is 1. The standard InChI is InChI=1S/C20H19NO2/c1-23-14-19-9-5-4-8-18(19)13-21-20(22)17-11-10-15-6-2-3-7-16(15)12-17/h2-12H,13-14H2,1H3,(H,21,22). The number of nitrogens with one attached hydrogen (secondary N) is 1. The van der Waals surface area contributed by atoms with Crippen molar-refractivity contribution in [1.82, 2.24) is 5.32 Å². The summed E-state index contributed by atoms with van der Waals surface area (Å²) in [5.41, 5.74) is 2.84. The number of ether oxygens (including phenoxy) is 1. The molecule has 0 atom stereocenters. The van der Waals surface area contributed by atoms with Gasteiger partial charge >= 0.3 is 0 Å². The quantitative estimate of drug-likeness (QED) is 0.776. The monoisotopic (exact) mass is 305 g/mol. The van der Waals surface area contributed by atoms with Gasteiger partial charge in [0.25, 0.3) is 5.91 Å². The van der Waals surface area contributed by atoms with Gasteiger partial charge in [0.05, 0.1) is 6.61 Å². The number of benzene rings is 3. The third-order valence-corrected chi connectivity index (χ3v) is 3.87. The van der Waals surface area contributed by atoms with Crippen LogP contribution in [0.1, 0.15) is 21.5 Å². The van der Waals surface area contributed by atoms with Gasteiger partial charge in [-0.15, -0.1) is 0 Å². The van der Waals surface area contributed by atoms with Crippen LogP contribution in [-0.2, 0) is 17.9 Å². The van der Waals surface area contributed by atoms with Crippen LogP contribution in [0.2, 0.25) is 0 Å². The van der Waals surface area contributed by atoms with Crippen molar-refractivity contribution in [3.8, 4) is 0 Å². The molecule has 0 spiro atoms. The topological polar surface area (TPSA) is 38.3 Å². The van der Waals surface area contributed by atoms with Gasteiger partial charge in [0, 0.05) is 19.2 Å². The molecule has 3 nitrogen and oxygen atoms in total. The summed E-state index contributed by atoms with van der Waals surface area (Å²) >= 11 is 0. The van der Waals surface area contributed by atoms with E-state index in [1.807, 2.05) is 66.7 Å². The fraction of sp³-hybridized carbons (Fsp3) is 0.150. The first kappa shape index (κ1) is 15.3. The average molecular weight is 305 g/mol. The van der Waals surface area contributed by atoms with E-state index in [2.05, 4.69) is 5.32 Å². The molecule has 1 amide bonds. The summed E-state index contributed by atoms with van der Waals surface area (Å²) in [4.78, 5) is 12.4. The molecule has 0 heterocycles. The van der Waals surface area contributed by atoms with Crippen LogP contribution in [0.4, 0.5) is 0 Å². The SMILES string of the molecule is COCc1ccccc1CNC(=O)c1ccc2ccccc2c1. The summed E-state index contributed by atoms with van der Waals surface area (Å²) in [6.45, 7) is 1.03. The van der Waals surface area contributed by atoms with Crippen LogP contribution in [-0.4, -0.2) is 13.0 Å². The van der Waals surface area contributed by atoms with Gasteiger partial charge in [0.1, 0.15) is 0 Å². The molecule has 1 N–H and O–H groups in total. The van der Waals surface area contributed by atoms with E-state index in [1.54, 1.807) is 7.11 Å². The molecule has 116 valence electrons. The van der Waals surface area contributed by atoms with Crippen molar-refractivity contribution in [1.29, 1.82) is 0 Å². The van der Waals surface area contributed by atoms with E-state index in [0.717, 1.165) is 21.9 Å². The number of hydrogen-bond donors (Lipinski definition) is 1. The highest BCUT2D eigenvalue weighted by atomic mass is 16.5. The van der Waals surface area contributed by atoms with Gasteiger partial charge < -0.3 is 10.1 Å². The zero-order chi connectivity index (χ0) is 16.1. The maximum absolute atomic E-state index is 12.4. The Kier molecular flexibility index (Phi) is 4.69. The number of methoxy groups -OCH3 is 1. The molecule has 3 aromatic rings. The molecule has 0 aliphatic heterocycles. The first-order chi connectivity index (χ1) is 11.3. The van der Waals surface area contributed by atoms with Gasteiger partial charge in [-0.3, -0.25) is 4.79 Å². The molecule has 0 aromatic heterocycles. The van der Waals surface area contributed by atoms with E-state index in [9.17, 15) is 4.79 Å².